The number of hydrogen-bond acceptors (Lipinski definition) is 1. The number of H-pyrrole nitrogens is 1. The van der Waals surface area contributed by atoms with E-state index in [1.807, 2.05) is 12.3 Å². The van der Waals surface area contributed by atoms with Crippen LogP contribution in [0, 0.1) is 5.41 Å². The molecule has 2 nitrogen and oxygen atoms in total. The van der Waals surface area contributed by atoms with Crippen molar-refractivity contribution in [2.75, 3.05) is 0 Å². The van der Waals surface area contributed by atoms with Crippen LogP contribution in [-0.4, -0.2) is 4.98 Å². The molecule has 0 saturated carbocycles. The first-order valence-corrected chi connectivity index (χ1v) is 5.51. The molecule has 0 unspecified atom stereocenters. The quantitative estimate of drug-likeness (QED) is 0.690. The van der Waals surface area contributed by atoms with Gasteiger partial charge in [-0.05, 0) is 6.07 Å². The topological polar surface area (TPSA) is 28.1 Å². The van der Waals surface area contributed by atoms with E-state index >= 15 is 0 Å². The summed E-state index contributed by atoms with van der Waals surface area (Å²) in [5, 5.41) is 2.46. The van der Waals surface area contributed by atoms with Gasteiger partial charge in [0.05, 0.1) is 0 Å². The third-order valence-corrected chi connectivity index (χ3v) is 2.95. The van der Waals surface area contributed by atoms with Crippen LogP contribution in [0.1, 0.15) is 13.8 Å². The monoisotopic (exact) mass is 210 g/mol. The van der Waals surface area contributed by atoms with E-state index in [1.54, 1.807) is 0 Å². The largest absolute Gasteiger partial charge is 0.339 e. The van der Waals surface area contributed by atoms with Gasteiger partial charge in [-0.3, -0.25) is 0 Å². The Morgan fingerprint density at radius 2 is 2.00 bits per heavy atom. The molecule has 0 saturated heterocycles. The summed E-state index contributed by atoms with van der Waals surface area (Å²) in [6.07, 6.45) is 6.28. The van der Waals surface area contributed by atoms with Crippen LogP contribution in [-0.2, 0) is 0 Å². The molecule has 0 atom stereocenters. The Bertz CT molecular complexity index is 687. The second-order valence-electron chi connectivity index (χ2n) is 4.84. The summed E-state index contributed by atoms with van der Waals surface area (Å²) in [6, 6.07) is 8.33. The molecule has 1 aromatic heterocycles. The maximum Gasteiger partial charge on any atom is 0.137 e. The average Bonchev–Trinajstić information content (AvgIpc) is 2.48. The molecule has 2 heteroatoms. The Balaban J connectivity index is 2.52. The minimum absolute atomic E-state index is 0.0553. The fraction of sp³-hybridized carbons (Fsp3) is 0.214. The van der Waals surface area contributed by atoms with Gasteiger partial charge in [0.25, 0.3) is 0 Å². The molecule has 0 aliphatic carbocycles. The number of allylic oxidation sites excluding steroid dienone is 1. The smallest absolute Gasteiger partial charge is 0.137 e. The Morgan fingerprint density at radius 3 is 2.88 bits per heavy atom. The standard InChI is InChI=1S/C14H14N2/c1-14(2)7-8-15-13-11(9-14)10-5-3-4-6-12(10)16-13/h3-9H,1-2H3,(H,15,16). The number of rotatable bonds is 0. The van der Waals surface area contributed by atoms with Crippen LogP contribution in [0.3, 0.4) is 0 Å². The van der Waals surface area contributed by atoms with Gasteiger partial charge in [0.1, 0.15) is 5.49 Å². The van der Waals surface area contributed by atoms with Crippen molar-refractivity contribution in [3.05, 3.63) is 47.2 Å². The highest BCUT2D eigenvalue weighted by molar-refractivity contribution is 5.80. The van der Waals surface area contributed by atoms with Gasteiger partial charge in [0.2, 0.25) is 0 Å². The van der Waals surface area contributed by atoms with Crippen molar-refractivity contribution in [1.29, 1.82) is 0 Å². The van der Waals surface area contributed by atoms with Crippen molar-refractivity contribution in [1.82, 2.24) is 4.98 Å². The third-order valence-electron chi connectivity index (χ3n) is 2.95. The van der Waals surface area contributed by atoms with Gasteiger partial charge in [0.15, 0.2) is 0 Å². The van der Waals surface area contributed by atoms with Crippen LogP contribution in [0.25, 0.3) is 17.0 Å². The van der Waals surface area contributed by atoms with Crippen molar-refractivity contribution in [3.8, 4) is 0 Å². The third kappa shape index (κ3) is 1.38. The highest BCUT2D eigenvalue weighted by Gasteiger charge is 2.13. The molecule has 1 N–H and O–H groups in total. The lowest BCUT2D eigenvalue weighted by molar-refractivity contribution is 0.670. The average molecular weight is 210 g/mol. The molecule has 16 heavy (non-hydrogen) atoms. The summed E-state index contributed by atoms with van der Waals surface area (Å²) in [5.74, 6) is 0. The molecule has 1 aliphatic heterocycles. The molecule has 3 rings (SSSR count). The number of aromatic nitrogens is 1. The lowest BCUT2D eigenvalue weighted by atomic mass is 9.92. The summed E-state index contributed by atoms with van der Waals surface area (Å²) in [7, 11) is 0. The van der Waals surface area contributed by atoms with Crippen molar-refractivity contribution in [2.45, 2.75) is 13.8 Å². The van der Waals surface area contributed by atoms with Crippen molar-refractivity contribution >= 4 is 17.0 Å². The molecule has 1 aromatic carbocycles. The number of aromatic amines is 1. The summed E-state index contributed by atoms with van der Waals surface area (Å²) in [5.41, 5.74) is 2.17. The molecular weight excluding hydrogens is 196 g/mol. The lowest BCUT2D eigenvalue weighted by Gasteiger charge is -2.12. The maximum atomic E-state index is 4.45. The van der Waals surface area contributed by atoms with Gasteiger partial charge in [0, 0.05) is 27.7 Å². The van der Waals surface area contributed by atoms with Crippen molar-refractivity contribution < 1.29 is 0 Å². The Kier molecular flexibility index (Phi) is 1.81. The summed E-state index contributed by atoms with van der Waals surface area (Å²) in [4.78, 5) is 7.80. The first-order valence-electron chi connectivity index (χ1n) is 5.51. The second-order valence-corrected chi connectivity index (χ2v) is 4.84. The van der Waals surface area contributed by atoms with Crippen LogP contribution in [0.4, 0.5) is 0 Å². The first-order chi connectivity index (χ1) is 7.66. The SMILES string of the molecule is CC1(C)C=CN=c2[nH]c3ccccc3c2=C1. The van der Waals surface area contributed by atoms with Gasteiger partial charge < -0.3 is 4.98 Å². The van der Waals surface area contributed by atoms with Gasteiger partial charge in [-0.1, -0.05) is 44.2 Å². The fourth-order valence-electron chi connectivity index (χ4n) is 2.12. The number of nitrogens with one attached hydrogen (secondary N) is 1. The Hall–Kier alpha value is -1.83. The number of benzene rings is 1. The summed E-state index contributed by atoms with van der Waals surface area (Å²) < 4.78 is 0. The summed E-state index contributed by atoms with van der Waals surface area (Å²) in [6.45, 7) is 4.38. The zero-order chi connectivity index (χ0) is 11.2. The molecule has 2 heterocycles. The summed E-state index contributed by atoms with van der Waals surface area (Å²) >= 11 is 0. The molecule has 0 spiro atoms. The maximum absolute atomic E-state index is 4.45. The van der Waals surface area contributed by atoms with E-state index in [4.69, 9.17) is 0 Å². The van der Waals surface area contributed by atoms with E-state index in [0.717, 1.165) is 11.0 Å². The molecule has 1 aliphatic rings. The second kappa shape index (κ2) is 3.08. The Labute approximate surface area is 94.0 Å². The minimum atomic E-state index is 0.0553. The Morgan fingerprint density at radius 1 is 1.19 bits per heavy atom. The van der Waals surface area contributed by atoms with Gasteiger partial charge in [-0.2, -0.15) is 0 Å². The van der Waals surface area contributed by atoms with Crippen molar-refractivity contribution in [3.63, 3.8) is 0 Å². The van der Waals surface area contributed by atoms with Crippen LogP contribution in [0.2, 0.25) is 0 Å². The molecule has 0 amide bonds. The molecule has 0 fully saturated rings. The van der Waals surface area contributed by atoms with E-state index in [2.05, 4.69) is 54.2 Å². The fourth-order valence-corrected chi connectivity index (χ4v) is 2.12. The van der Waals surface area contributed by atoms with Crippen LogP contribution in [0.15, 0.2) is 41.5 Å². The van der Waals surface area contributed by atoms with E-state index in [0.29, 0.717) is 0 Å². The number of fused-ring (bicyclic) bond motifs is 3. The molecule has 2 aromatic rings. The number of hydrogen-bond donors (Lipinski definition) is 1. The first kappa shape index (κ1) is 9.40. The minimum Gasteiger partial charge on any atom is -0.339 e. The molecular formula is C14H14N2. The van der Waals surface area contributed by atoms with Crippen LogP contribution >= 0.6 is 0 Å². The normalized spacial score (nSPS) is 17.4. The number of para-hydroxylation sites is 1. The van der Waals surface area contributed by atoms with E-state index in [-0.39, 0.29) is 5.41 Å². The van der Waals surface area contributed by atoms with E-state index < -0.39 is 0 Å². The predicted octanol–water partition coefficient (Wildman–Crippen LogP) is 2.12. The van der Waals surface area contributed by atoms with Gasteiger partial charge in [-0.25, -0.2) is 4.99 Å². The molecule has 80 valence electrons. The van der Waals surface area contributed by atoms with E-state index in [1.165, 1.54) is 10.6 Å². The van der Waals surface area contributed by atoms with Crippen LogP contribution < -0.4 is 10.7 Å². The molecule has 0 bridgehead atoms. The highest BCUT2D eigenvalue weighted by Crippen LogP contribution is 2.20. The zero-order valence-electron chi connectivity index (χ0n) is 9.49. The highest BCUT2D eigenvalue weighted by atomic mass is 14.8. The predicted molar refractivity (Wildman–Crippen MR) is 66.5 cm³/mol. The van der Waals surface area contributed by atoms with Crippen LogP contribution in [0.5, 0.6) is 0 Å². The van der Waals surface area contributed by atoms with Crippen molar-refractivity contribution in [2.24, 2.45) is 10.4 Å². The van der Waals surface area contributed by atoms with E-state index in [9.17, 15) is 0 Å². The van der Waals surface area contributed by atoms with Gasteiger partial charge >= 0.3 is 0 Å². The van der Waals surface area contributed by atoms with Gasteiger partial charge in [-0.15, -0.1) is 0 Å². The molecule has 0 radical (unpaired) electrons. The lowest BCUT2D eigenvalue weighted by Crippen LogP contribution is -2.24. The zero-order valence-corrected chi connectivity index (χ0v) is 9.49. The number of nitrogens with zero attached hydrogens (tertiary/aromatic N) is 1.